The molecule has 1 N–H and O–H groups in total. The van der Waals surface area contributed by atoms with Crippen LogP contribution in [0.1, 0.15) is 25.7 Å². The van der Waals surface area contributed by atoms with E-state index in [0.29, 0.717) is 11.4 Å². The maximum Gasteiger partial charge on any atom is 0.264 e. The topological polar surface area (TPSA) is 53.4 Å². The largest absolute Gasteiger partial charge is 0.384 e. The molecule has 0 aliphatic rings. The van der Waals surface area contributed by atoms with E-state index in [4.69, 9.17) is 5.11 Å². The highest BCUT2D eigenvalue weighted by Gasteiger charge is 2.16. The van der Waals surface area contributed by atoms with Gasteiger partial charge in [-0.3, -0.25) is 9.78 Å². The zero-order chi connectivity index (χ0) is 15.2. The van der Waals surface area contributed by atoms with Gasteiger partial charge in [-0.1, -0.05) is 11.8 Å². The molecule has 2 rings (SSSR count). The van der Waals surface area contributed by atoms with Gasteiger partial charge in [0.2, 0.25) is 0 Å². The number of carbonyl (C=O) groups is 1. The fourth-order valence-electron chi connectivity index (χ4n) is 1.85. The Hall–Kier alpha value is -2.16. The van der Waals surface area contributed by atoms with Gasteiger partial charge in [-0.05, 0) is 36.2 Å². The van der Waals surface area contributed by atoms with Crippen LogP contribution in [0.5, 0.6) is 0 Å². The lowest BCUT2D eigenvalue weighted by Crippen LogP contribution is -2.25. The molecule has 0 fully saturated rings. The smallest absolute Gasteiger partial charge is 0.264 e. The standard InChI is InChI=1S/C16H16N2O2S/c1-12-10-15(21-14(12)4-3-9-19)16(20)18(2)11-13-5-7-17-8-6-13/h5-8,10,19H,9,11H2,1-2H3. The minimum Gasteiger partial charge on any atom is -0.384 e. The van der Waals surface area contributed by atoms with Gasteiger partial charge < -0.3 is 10.0 Å². The van der Waals surface area contributed by atoms with Crippen LogP contribution in [0.25, 0.3) is 0 Å². The quantitative estimate of drug-likeness (QED) is 0.883. The van der Waals surface area contributed by atoms with Crippen LogP contribution in [0, 0.1) is 18.8 Å². The Morgan fingerprint density at radius 2 is 2.14 bits per heavy atom. The van der Waals surface area contributed by atoms with Crippen LogP contribution in [-0.2, 0) is 6.54 Å². The number of rotatable bonds is 3. The number of hydrogen-bond donors (Lipinski definition) is 1. The molecule has 21 heavy (non-hydrogen) atoms. The molecule has 2 aromatic heterocycles. The first-order valence-corrected chi connectivity index (χ1v) is 7.28. The summed E-state index contributed by atoms with van der Waals surface area (Å²) < 4.78 is 0. The maximum atomic E-state index is 12.4. The number of aromatic nitrogens is 1. The Balaban J connectivity index is 2.12. The summed E-state index contributed by atoms with van der Waals surface area (Å²) >= 11 is 1.36. The molecule has 0 saturated heterocycles. The minimum atomic E-state index is -0.178. The average molecular weight is 300 g/mol. The number of carbonyl (C=O) groups excluding carboxylic acids is 1. The molecule has 0 bridgehead atoms. The van der Waals surface area contributed by atoms with E-state index in [1.165, 1.54) is 11.3 Å². The highest BCUT2D eigenvalue weighted by atomic mass is 32.1. The van der Waals surface area contributed by atoms with Gasteiger partial charge in [0.25, 0.3) is 5.91 Å². The van der Waals surface area contributed by atoms with E-state index in [9.17, 15) is 4.79 Å². The van der Waals surface area contributed by atoms with Gasteiger partial charge in [-0.25, -0.2) is 0 Å². The lowest BCUT2D eigenvalue weighted by atomic mass is 10.2. The zero-order valence-electron chi connectivity index (χ0n) is 12.0. The summed E-state index contributed by atoms with van der Waals surface area (Å²) in [6.07, 6.45) is 3.43. The predicted octanol–water partition coefficient (Wildman–Crippen LogP) is 2.07. The molecule has 4 nitrogen and oxygen atoms in total. The molecule has 5 heteroatoms. The molecule has 0 atom stereocenters. The molecule has 0 aliphatic carbocycles. The van der Waals surface area contributed by atoms with Crippen molar-refractivity contribution in [1.29, 1.82) is 0 Å². The molecule has 2 heterocycles. The van der Waals surface area contributed by atoms with Crippen LogP contribution in [0.15, 0.2) is 30.6 Å². The summed E-state index contributed by atoms with van der Waals surface area (Å²) in [5.74, 6) is 5.45. The van der Waals surface area contributed by atoms with E-state index in [2.05, 4.69) is 16.8 Å². The Morgan fingerprint density at radius 3 is 2.81 bits per heavy atom. The van der Waals surface area contributed by atoms with Crippen molar-refractivity contribution < 1.29 is 9.90 Å². The molecule has 1 amide bonds. The number of aryl methyl sites for hydroxylation is 1. The third-order valence-electron chi connectivity index (χ3n) is 2.93. The van der Waals surface area contributed by atoms with Crippen molar-refractivity contribution in [3.8, 4) is 11.8 Å². The number of thiophene rings is 1. The molecule has 0 saturated carbocycles. The number of aliphatic hydroxyl groups is 1. The first kappa shape index (κ1) is 15.2. The normalized spacial score (nSPS) is 9.86. The van der Waals surface area contributed by atoms with Crippen LogP contribution in [0.3, 0.4) is 0 Å². The van der Waals surface area contributed by atoms with Gasteiger partial charge in [0, 0.05) is 26.0 Å². The number of nitrogens with zero attached hydrogens (tertiary/aromatic N) is 2. The van der Waals surface area contributed by atoms with E-state index >= 15 is 0 Å². The van der Waals surface area contributed by atoms with Gasteiger partial charge >= 0.3 is 0 Å². The molecule has 2 aromatic rings. The molecular weight excluding hydrogens is 284 g/mol. The Morgan fingerprint density at radius 1 is 1.43 bits per heavy atom. The number of hydrogen-bond acceptors (Lipinski definition) is 4. The number of pyridine rings is 1. The lowest BCUT2D eigenvalue weighted by Gasteiger charge is -2.16. The highest BCUT2D eigenvalue weighted by molar-refractivity contribution is 7.14. The van der Waals surface area contributed by atoms with Gasteiger partial charge in [0.05, 0.1) is 9.75 Å². The van der Waals surface area contributed by atoms with Gasteiger partial charge in [-0.15, -0.1) is 11.3 Å². The summed E-state index contributed by atoms with van der Waals surface area (Å²) in [6, 6.07) is 5.63. The summed E-state index contributed by atoms with van der Waals surface area (Å²) in [6.45, 7) is 2.27. The van der Waals surface area contributed by atoms with Crippen LogP contribution < -0.4 is 0 Å². The number of aliphatic hydroxyl groups excluding tert-OH is 1. The summed E-state index contributed by atoms with van der Waals surface area (Å²) in [7, 11) is 1.77. The fraction of sp³-hybridized carbons (Fsp3) is 0.250. The first-order valence-electron chi connectivity index (χ1n) is 6.46. The number of amides is 1. The predicted molar refractivity (Wildman–Crippen MR) is 83.1 cm³/mol. The first-order chi connectivity index (χ1) is 10.1. The highest BCUT2D eigenvalue weighted by Crippen LogP contribution is 2.22. The van der Waals surface area contributed by atoms with Gasteiger partial charge in [-0.2, -0.15) is 0 Å². The maximum absolute atomic E-state index is 12.4. The van der Waals surface area contributed by atoms with Crippen molar-refractivity contribution in [2.75, 3.05) is 13.7 Å². The third kappa shape index (κ3) is 3.91. The Kier molecular flexibility index (Phi) is 5.09. The van der Waals surface area contributed by atoms with E-state index < -0.39 is 0 Å². The van der Waals surface area contributed by atoms with Crippen LogP contribution in [0.4, 0.5) is 0 Å². The van der Waals surface area contributed by atoms with E-state index in [-0.39, 0.29) is 12.5 Å². The van der Waals surface area contributed by atoms with Crippen molar-refractivity contribution >= 4 is 17.2 Å². The van der Waals surface area contributed by atoms with Crippen LogP contribution in [0.2, 0.25) is 0 Å². The minimum absolute atomic E-state index is 0.0306. The second-order valence-electron chi connectivity index (χ2n) is 4.60. The molecule has 0 unspecified atom stereocenters. The molecule has 0 radical (unpaired) electrons. The van der Waals surface area contributed by atoms with Gasteiger partial charge in [0.1, 0.15) is 6.61 Å². The molecule has 0 spiro atoms. The third-order valence-corrected chi connectivity index (χ3v) is 4.07. The molecule has 0 aliphatic heterocycles. The summed E-state index contributed by atoms with van der Waals surface area (Å²) in [4.78, 5) is 19.5. The van der Waals surface area contributed by atoms with Crippen molar-refractivity contribution in [2.45, 2.75) is 13.5 Å². The second-order valence-corrected chi connectivity index (χ2v) is 5.65. The SMILES string of the molecule is Cc1cc(C(=O)N(C)Cc2ccncc2)sc1C#CCO. The summed E-state index contributed by atoms with van der Waals surface area (Å²) in [5, 5.41) is 8.74. The van der Waals surface area contributed by atoms with E-state index in [1.54, 1.807) is 24.3 Å². The van der Waals surface area contributed by atoms with Crippen molar-refractivity contribution in [3.05, 3.63) is 51.5 Å². The lowest BCUT2D eigenvalue weighted by molar-refractivity contribution is 0.0790. The molecule has 108 valence electrons. The van der Waals surface area contributed by atoms with Crippen molar-refractivity contribution in [1.82, 2.24) is 9.88 Å². The van der Waals surface area contributed by atoms with Crippen LogP contribution >= 0.6 is 11.3 Å². The monoisotopic (exact) mass is 300 g/mol. The zero-order valence-corrected chi connectivity index (χ0v) is 12.8. The van der Waals surface area contributed by atoms with E-state index in [1.807, 2.05) is 25.1 Å². The Bertz CT molecular complexity index is 683. The molecular formula is C16H16N2O2S. The second kappa shape index (κ2) is 7.02. The van der Waals surface area contributed by atoms with Crippen LogP contribution in [-0.4, -0.2) is 34.6 Å². The van der Waals surface area contributed by atoms with E-state index in [0.717, 1.165) is 16.0 Å². The Labute approximate surface area is 128 Å². The summed E-state index contributed by atoms with van der Waals surface area (Å²) in [5.41, 5.74) is 2.00. The van der Waals surface area contributed by atoms with Gasteiger partial charge in [0.15, 0.2) is 0 Å². The fourth-order valence-corrected chi connectivity index (χ4v) is 2.90. The van der Waals surface area contributed by atoms with Crippen molar-refractivity contribution in [3.63, 3.8) is 0 Å². The average Bonchev–Trinajstić information content (AvgIpc) is 2.86. The van der Waals surface area contributed by atoms with Crippen molar-refractivity contribution in [2.24, 2.45) is 0 Å². The molecule has 0 aromatic carbocycles.